The molecule has 292 valence electrons. The Balaban J connectivity index is 0.000000280. The lowest BCUT2D eigenvalue weighted by Gasteiger charge is -2.35. The minimum Gasteiger partial charge on any atom is -0.470 e. The Bertz CT molecular complexity index is 1390. The van der Waals surface area contributed by atoms with E-state index in [1.54, 1.807) is 0 Å². The van der Waals surface area contributed by atoms with Gasteiger partial charge >= 0.3 is 24.2 Å². The van der Waals surface area contributed by atoms with E-state index in [0.29, 0.717) is 50.9 Å². The number of piperidine rings is 2. The summed E-state index contributed by atoms with van der Waals surface area (Å²) in [6, 6.07) is 2.79. The van der Waals surface area contributed by atoms with Crippen LogP contribution in [0.3, 0.4) is 0 Å². The van der Waals surface area contributed by atoms with E-state index in [1.807, 2.05) is 37.7 Å². The van der Waals surface area contributed by atoms with Crippen molar-refractivity contribution in [1.82, 2.24) is 30.4 Å². The molecule has 0 aliphatic carbocycles. The standard InChI is InChI=1S/2C16H20F5N3O2/c2*1-10-8-11(5-7-24(10)2)23-14(25)15(17,18)9-26-13-12(16(19,20)21)4-3-6-22-13/h2*3-4,6,10-11H,5,7-9H2,1-2H3,(H,23,25)/t2*10-,11-/m10/s1. The highest BCUT2D eigenvalue weighted by molar-refractivity contribution is 5.84. The molecule has 2 aromatic heterocycles. The first-order valence-corrected chi connectivity index (χ1v) is 16.1. The zero-order chi connectivity index (χ0) is 39.1. The van der Waals surface area contributed by atoms with Gasteiger partial charge in [0.2, 0.25) is 11.8 Å². The fraction of sp³-hybridized carbons (Fsp3) is 0.625. The topological polar surface area (TPSA) is 109 Å². The number of alkyl halides is 10. The van der Waals surface area contributed by atoms with Gasteiger partial charge in [-0.25, -0.2) is 9.97 Å². The molecule has 4 heterocycles. The molecule has 10 nitrogen and oxygen atoms in total. The van der Waals surface area contributed by atoms with E-state index in [4.69, 9.17) is 0 Å². The van der Waals surface area contributed by atoms with Crippen LogP contribution in [0.5, 0.6) is 11.8 Å². The van der Waals surface area contributed by atoms with Crippen molar-refractivity contribution in [3.8, 4) is 11.8 Å². The van der Waals surface area contributed by atoms with Gasteiger partial charge in [0.25, 0.3) is 11.8 Å². The van der Waals surface area contributed by atoms with E-state index in [-0.39, 0.29) is 12.1 Å². The van der Waals surface area contributed by atoms with E-state index in [1.165, 1.54) is 0 Å². The van der Waals surface area contributed by atoms with Crippen LogP contribution in [-0.2, 0) is 21.9 Å². The summed E-state index contributed by atoms with van der Waals surface area (Å²) in [6.07, 6.45) is -5.57. The number of carbonyl (C=O) groups excluding carboxylic acids is 2. The smallest absolute Gasteiger partial charge is 0.421 e. The first kappa shape index (κ1) is 42.5. The van der Waals surface area contributed by atoms with Gasteiger partial charge in [0.05, 0.1) is 0 Å². The number of carbonyl (C=O) groups is 2. The maximum atomic E-state index is 14.0. The normalized spacial score (nSPS) is 22.1. The predicted molar refractivity (Wildman–Crippen MR) is 166 cm³/mol. The first-order chi connectivity index (χ1) is 24.0. The number of pyridine rings is 2. The molecule has 0 radical (unpaired) electrons. The zero-order valence-corrected chi connectivity index (χ0v) is 28.6. The Labute approximate surface area is 293 Å². The van der Waals surface area contributed by atoms with Crippen molar-refractivity contribution in [1.29, 1.82) is 0 Å². The Morgan fingerprint density at radius 3 is 1.35 bits per heavy atom. The monoisotopic (exact) mass is 762 g/mol. The van der Waals surface area contributed by atoms with Gasteiger partial charge in [0.15, 0.2) is 13.2 Å². The molecule has 0 spiro atoms. The summed E-state index contributed by atoms with van der Waals surface area (Å²) < 4.78 is 142. The van der Waals surface area contributed by atoms with Gasteiger partial charge in [-0.3, -0.25) is 9.59 Å². The van der Waals surface area contributed by atoms with Crippen molar-refractivity contribution >= 4 is 11.8 Å². The van der Waals surface area contributed by atoms with Gasteiger partial charge in [-0.05, 0) is 77.9 Å². The number of ether oxygens (including phenoxy) is 2. The molecule has 0 bridgehead atoms. The highest BCUT2D eigenvalue weighted by atomic mass is 19.4. The lowest BCUT2D eigenvalue weighted by Crippen LogP contribution is -2.52. The van der Waals surface area contributed by atoms with Crippen LogP contribution in [0.25, 0.3) is 0 Å². The molecule has 4 atom stereocenters. The summed E-state index contributed by atoms with van der Waals surface area (Å²) in [6.45, 7) is 2.08. The van der Waals surface area contributed by atoms with Crippen molar-refractivity contribution in [2.75, 3.05) is 40.4 Å². The number of hydrogen-bond donors (Lipinski definition) is 2. The Morgan fingerprint density at radius 2 is 1.04 bits per heavy atom. The predicted octanol–water partition coefficient (Wildman–Crippen LogP) is 5.43. The average Bonchev–Trinajstić information content (AvgIpc) is 3.06. The van der Waals surface area contributed by atoms with E-state index < -0.39 is 84.2 Å². The molecule has 0 aromatic carbocycles. The van der Waals surface area contributed by atoms with Crippen molar-refractivity contribution in [3.63, 3.8) is 0 Å². The highest BCUT2D eigenvalue weighted by Gasteiger charge is 2.44. The second kappa shape index (κ2) is 17.3. The number of nitrogens with zero attached hydrogens (tertiary/aromatic N) is 4. The second-order valence-electron chi connectivity index (χ2n) is 12.7. The van der Waals surface area contributed by atoms with Gasteiger partial charge in [-0.15, -0.1) is 0 Å². The zero-order valence-electron chi connectivity index (χ0n) is 28.6. The maximum Gasteiger partial charge on any atom is 0.421 e. The van der Waals surface area contributed by atoms with Crippen LogP contribution >= 0.6 is 0 Å². The molecule has 20 heteroatoms. The van der Waals surface area contributed by atoms with Crippen LogP contribution in [-0.4, -0.2) is 108 Å². The minimum absolute atomic E-state index is 0.127. The third-order valence-electron chi connectivity index (χ3n) is 8.68. The molecule has 2 aromatic rings. The van der Waals surface area contributed by atoms with Crippen LogP contribution in [0.2, 0.25) is 0 Å². The molecule has 2 fully saturated rings. The average molecular weight is 763 g/mol. The van der Waals surface area contributed by atoms with Crippen LogP contribution in [0.4, 0.5) is 43.9 Å². The van der Waals surface area contributed by atoms with Gasteiger partial charge in [0, 0.05) is 49.7 Å². The van der Waals surface area contributed by atoms with Crippen molar-refractivity contribution in [2.24, 2.45) is 0 Å². The van der Waals surface area contributed by atoms with Gasteiger partial charge in [-0.2, -0.15) is 43.9 Å². The van der Waals surface area contributed by atoms with Gasteiger partial charge in [-0.1, -0.05) is 0 Å². The molecule has 0 unspecified atom stereocenters. The minimum atomic E-state index is -4.80. The summed E-state index contributed by atoms with van der Waals surface area (Å²) in [5, 5.41) is 4.51. The molecule has 2 aliphatic rings. The SMILES string of the molecule is C[C@@H]1C[C@H](NC(=O)C(F)(F)COc2ncccc2C(F)(F)F)CCN1C.C[C@H]1C[C@@H](NC(=O)C(F)(F)COc2ncccc2C(F)(F)F)CCN1C. The molecule has 2 amide bonds. The van der Waals surface area contributed by atoms with Crippen LogP contribution in [0, 0.1) is 0 Å². The van der Waals surface area contributed by atoms with Gasteiger partial charge in [0.1, 0.15) is 11.1 Å². The molecule has 2 aliphatic heterocycles. The van der Waals surface area contributed by atoms with Crippen molar-refractivity contribution in [2.45, 2.75) is 87.9 Å². The second-order valence-corrected chi connectivity index (χ2v) is 12.7. The number of rotatable bonds is 10. The molecule has 2 N–H and O–H groups in total. The number of hydrogen-bond acceptors (Lipinski definition) is 8. The largest absolute Gasteiger partial charge is 0.470 e. The molecule has 4 rings (SSSR count). The summed E-state index contributed by atoms with van der Waals surface area (Å²) in [5.74, 6) is -13.1. The third kappa shape index (κ3) is 12.1. The molecule has 0 saturated carbocycles. The number of likely N-dealkylation sites (tertiary alicyclic amines) is 2. The number of halogens is 10. The molecular formula is C32H40F10N6O4. The lowest BCUT2D eigenvalue weighted by atomic mass is 9.99. The van der Waals surface area contributed by atoms with E-state index >= 15 is 0 Å². The van der Waals surface area contributed by atoms with Crippen LogP contribution in [0.15, 0.2) is 36.7 Å². The molecule has 52 heavy (non-hydrogen) atoms. The number of nitrogens with one attached hydrogen (secondary N) is 2. The lowest BCUT2D eigenvalue weighted by molar-refractivity contribution is -0.153. The Kier molecular flexibility index (Phi) is 14.1. The van der Waals surface area contributed by atoms with Crippen LogP contribution < -0.4 is 20.1 Å². The molecule has 2 saturated heterocycles. The number of amides is 2. The fourth-order valence-electron chi connectivity index (χ4n) is 5.32. The van der Waals surface area contributed by atoms with Crippen LogP contribution in [0.1, 0.15) is 50.7 Å². The summed E-state index contributed by atoms with van der Waals surface area (Å²) in [5.41, 5.74) is -2.55. The van der Waals surface area contributed by atoms with E-state index in [9.17, 15) is 53.5 Å². The van der Waals surface area contributed by atoms with Crippen molar-refractivity contribution < 1.29 is 63.0 Å². The first-order valence-electron chi connectivity index (χ1n) is 16.1. The van der Waals surface area contributed by atoms with Gasteiger partial charge < -0.3 is 29.9 Å². The summed E-state index contributed by atoms with van der Waals surface area (Å²) >= 11 is 0. The molecular weight excluding hydrogens is 722 g/mol. The Hall–Kier alpha value is -3.94. The Morgan fingerprint density at radius 1 is 0.692 bits per heavy atom. The number of aromatic nitrogens is 2. The summed E-state index contributed by atoms with van der Waals surface area (Å²) in [4.78, 5) is 34.4. The summed E-state index contributed by atoms with van der Waals surface area (Å²) in [7, 11) is 3.80. The third-order valence-corrected chi connectivity index (χ3v) is 8.68. The van der Waals surface area contributed by atoms with Crippen molar-refractivity contribution in [3.05, 3.63) is 47.8 Å². The maximum absolute atomic E-state index is 14.0. The quantitative estimate of drug-likeness (QED) is 0.309. The fourth-order valence-corrected chi connectivity index (χ4v) is 5.32. The van der Waals surface area contributed by atoms with E-state index in [2.05, 4.69) is 30.1 Å². The van der Waals surface area contributed by atoms with E-state index in [0.717, 1.165) is 24.5 Å². The highest BCUT2D eigenvalue weighted by Crippen LogP contribution is 2.36.